The standard InChI is InChI=1S/C15H21N3S/c1-2-18-13-7-4-3-6-12(13)17-15(18)10-11(16)14-8-5-9-19-14/h3-4,6-7,11,14H,2,5,8-10,16H2,1H3. The van der Waals surface area contributed by atoms with Gasteiger partial charge in [-0.1, -0.05) is 12.1 Å². The van der Waals surface area contributed by atoms with Gasteiger partial charge in [0.15, 0.2) is 0 Å². The first-order valence-electron chi connectivity index (χ1n) is 7.11. The summed E-state index contributed by atoms with van der Waals surface area (Å²) < 4.78 is 2.30. The fourth-order valence-corrected chi connectivity index (χ4v) is 4.23. The molecule has 2 N–H and O–H groups in total. The zero-order chi connectivity index (χ0) is 13.2. The van der Waals surface area contributed by atoms with Crippen molar-refractivity contribution in [3.63, 3.8) is 0 Å². The molecule has 0 saturated carbocycles. The molecular formula is C15H21N3S. The molecule has 102 valence electrons. The van der Waals surface area contributed by atoms with Crippen LogP contribution in [0.15, 0.2) is 24.3 Å². The van der Waals surface area contributed by atoms with Gasteiger partial charge >= 0.3 is 0 Å². The molecule has 19 heavy (non-hydrogen) atoms. The molecule has 0 aliphatic carbocycles. The van der Waals surface area contributed by atoms with Gasteiger partial charge in [0.2, 0.25) is 0 Å². The summed E-state index contributed by atoms with van der Waals surface area (Å²) in [7, 11) is 0. The number of nitrogens with two attached hydrogens (primary N) is 1. The van der Waals surface area contributed by atoms with Crippen LogP contribution in [0.1, 0.15) is 25.6 Å². The molecule has 1 aromatic heterocycles. The molecule has 1 aliphatic heterocycles. The molecule has 0 bridgehead atoms. The Morgan fingerprint density at radius 1 is 1.47 bits per heavy atom. The predicted octanol–water partition coefficient (Wildman–Crippen LogP) is 2.82. The lowest BCUT2D eigenvalue weighted by Gasteiger charge is -2.18. The summed E-state index contributed by atoms with van der Waals surface area (Å²) in [6, 6.07) is 8.58. The van der Waals surface area contributed by atoms with Crippen LogP contribution >= 0.6 is 11.8 Å². The Balaban J connectivity index is 1.87. The lowest BCUT2D eigenvalue weighted by molar-refractivity contribution is 0.574. The molecule has 1 fully saturated rings. The molecule has 1 aromatic carbocycles. The maximum absolute atomic E-state index is 6.38. The normalized spacial score (nSPS) is 21.1. The van der Waals surface area contributed by atoms with Crippen molar-refractivity contribution in [2.24, 2.45) is 5.73 Å². The van der Waals surface area contributed by atoms with Crippen molar-refractivity contribution in [1.29, 1.82) is 0 Å². The molecule has 2 atom stereocenters. The van der Waals surface area contributed by atoms with Crippen molar-refractivity contribution in [2.45, 2.75) is 44.0 Å². The van der Waals surface area contributed by atoms with Gasteiger partial charge < -0.3 is 10.3 Å². The summed E-state index contributed by atoms with van der Waals surface area (Å²) in [5.41, 5.74) is 8.70. The molecule has 2 unspecified atom stereocenters. The van der Waals surface area contributed by atoms with Crippen LogP contribution in [0.25, 0.3) is 11.0 Å². The van der Waals surface area contributed by atoms with E-state index < -0.39 is 0 Å². The van der Waals surface area contributed by atoms with Gasteiger partial charge in [-0.3, -0.25) is 0 Å². The fourth-order valence-electron chi connectivity index (χ4n) is 2.92. The smallest absolute Gasteiger partial charge is 0.111 e. The molecule has 0 radical (unpaired) electrons. The Labute approximate surface area is 118 Å². The van der Waals surface area contributed by atoms with E-state index in [0.29, 0.717) is 5.25 Å². The van der Waals surface area contributed by atoms with E-state index in [0.717, 1.165) is 24.3 Å². The third kappa shape index (κ3) is 2.51. The molecule has 2 aromatic rings. The minimum absolute atomic E-state index is 0.231. The third-order valence-corrected chi connectivity index (χ3v) is 5.45. The Bertz CT molecular complexity index is 558. The SMILES string of the molecule is CCn1c(CC(N)C2CCCS2)nc2ccccc21. The Hall–Kier alpha value is -1.00. The quantitative estimate of drug-likeness (QED) is 0.933. The first-order valence-corrected chi connectivity index (χ1v) is 8.15. The van der Waals surface area contributed by atoms with Gasteiger partial charge in [0.05, 0.1) is 11.0 Å². The summed E-state index contributed by atoms with van der Waals surface area (Å²) in [6.07, 6.45) is 3.46. The number of para-hydroxylation sites is 2. The zero-order valence-electron chi connectivity index (χ0n) is 11.4. The van der Waals surface area contributed by atoms with Crippen LogP contribution in [0.4, 0.5) is 0 Å². The van der Waals surface area contributed by atoms with Crippen LogP contribution in [-0.2, 0) is 13.0 Å². The van der Waals surface area contributed by atoms with E-state index in [4.69, 9.17) is 10.7 Å². The summed E-state index contributed by atoms with van der Waals surface area (Å²) in [6.45, 7) is 3.13. The third-order valence-electron chi connectivity index (χ3n) is 3.91. The van der Waals surface area contributed by atoms with E-state index in [1.54, 1.807) is 0 Å². The number of imidazole rings is 1. The topological polar surface area (TPSA) is 43.8 Å². The molecule has 1 aliphatic rings. The number of aromatic nitrogens is 2. The van der Waals surface area contributed by atoms with Gasteiger partial charge in [-0.15, -0.1) is 0 Å². The lowest BCUT2D eigenvalue weighted by atomic mass is 10.1. The van der Waals surface area contributed by atoms with E-state index in [1.165, 1.54) is 24.1 Å². The number of hydrogen-bond donors (Lipinski definition) is 1. The van der Waals surface area contributed by atoms with Crippen molar-refractivity contribution in [3.05, 3.63) is 30.1 Å². The first-order chi connectivity index (χ1) is 9.29. The van der Waals surface area contributed by atoms with E-state index in [9.17, 15) is 0 Å². The van der Waals surface area contributed by atoms with Crippen molar-refractivity contribution in [3.8, 4) is 0 Å². The molecule has 1 saturated heterocycles. The van der Waals surface area contributed by atoms with Crippen LogP contribution < -0.4 is 5.73 Å². The van der Waals surface area contributed by atoms with Gasteiger partial charge in [0, 0.05) is 24.3 Å². The molecule has 2 heterocycles. The predicted molar refractivity (Wildman–Crippen MR) is 82.6 cm³/mol. The molecular weight excluding hydrogens is 254 g/mol. The summed E-state index contributed by atoms with van der Waals surface area (Å²) in [4.78, 5) is 4.77. The number of hydrogen-bond acceptors (Lipinski definition) is 3. The number of rotatable bonds is 4. The zero-order valence-corrected chi connectivity index (χ0v) is 12.2. The van der Waals surface area contributed by atoms with E-state index in [2.05, 4.69) is 29.7 Å². The Kier molecular flexibility index (Phi) is 3.80. The maximum atomic E-state index is 6.38. The monoisotopic (exact) mass is 275 g/mol. The van der Waals surface area contributed by atoms with Crippen LogP contribution in [0.3, 0.4) is 0 Å². The summed E-state index contributed by atoms with van der Waals surface area (Å²) in [5, 5.41) is 0.616. The second kappa shape index (κ2) is 5.55. The minimum Gasteiger partial charge on any atom is -0.328 e. The Morgan fingerprint density at radius 3 is 3.05 bits per heavy atom. The average molecular weight is 275 g/mol. The summed E-state index contributed by atoms with van der Waals surface area (Å²) in [5.74, 6) is 2.41. The van der Waals surface area contributed by atoms with Gasteiger partial charge in [-0.2, -0.15) is 11.8 Å². The highest BCUT2D eigenvalue weighted by atomic mass is 32.2. The van der Waals surface area contributed by atoms with Gasteiger partial charge in [-0.25, -0.2) is 4.98 Å². The van der Waals surface area contributed by atoms with Gasteiger partial charge in [-0.05, 0) is 37.7 Å². The molecule has 3 rings (SSSR count). The number of nitrogens with zero attached hydrogens (tertiary/aromatic N) is 2. The number of benzene rings is 1. The molecule has 0 spiro atoms. The second-order valence-electron chi connectivity index (χ2n) is 5.18. The van der Waals surface area contributed by atoms with E-state index >= 15 is 0 Å². The largest absolute Gasteiger partial charge is 0.328 e. The number of fused-ring (bicyclic) bond motifs is 1. The van der Waals surface area contributed by atoms with Gasteiger partial charge in [0.1, 0.15) is 5.82 Å². The van der Waals surface area contributed by atoms with E-state index in [-0.39, 0.29) is 6.04 Å². The summed E-state index contributed by atoms with van der Waals surface area (Å²) >= 11 is 2.03. The molecule has 4 heteroatoms. The highest BCUT2D eigenvalue weighted by molar-refractivity contribution is 8.00. The average Bonchev–Trinajstić information content (AvgIpc) is 3.05. The number of aryl methyl sites for hydroxylation is 1. The van der Waals surface area contributed by atoms with Crippen molar-refractivity contribution in [2.75, 3.05) is 5.75 Å². The highest BCUT2D eigenvalue weighted by Gasteiger charge is 2.24. The lowest BCUT2D eigenvalue weighted by Crippen LogP contribution is -2.34. The van der Waals surface area contributed by atoms with Crippen LogP contribution in [0.2, 0.25) is 0 Å². The second-order valence-corrected chi connectivity index (χ2v) is 6.53. The maximum Gasteiger partial charge on any atom is 0.111 e. The van der Waals surface area contributed by atoms with Crippen LogP contribution in [0.5, 0.6) is 0 Å². The van der Waals surface area contributed by atoms with Crippen molar-refractivity contribution in [1.82, 2.24) is 9.55 Å². The van der Waals surface area contributed by atoms with Gasteiger partial charge in [0.25, 0.3) is 0 Å². The minimum atomic E-state index is 0.231. The number of thioether (sulfide) groups is 1. The van der Waals surface area contributed by atoms with Crippen LogP contribution in [0, 0.1) is 0 Å². The Morgan fingerprint density at radius 2 is 2.32 bits per heavy atom. The fraction of sp³-hybridized carbons (Fsp3) is 0.533. The van der Waals surface area contributed by atoms with Crippen molar-refractivity contribution >= 4 is 22.8 Å². The van der Waals surface area contributed by atoms with Crippen LogP contribution in [-0.4, -0.2) is 26.6 Å². The van der Waals surface area contributed by atoms with E-state index in [1.807, 2.05) is 17.8 Å². The molecule has 0 amide bonds. The molecule has 3 nitrogen and oxygen atoms in total. The highest BCUT2D eigenvalue weighted by Crippen LogP contribution is 2.29. The first kappa shape index (κ1) is 13.0. The van der Waals surface area contributed by atoms with Crippen molar-refractivity contribution < 1.29 is 0 Å².